The molecule has 1 fully saturated rings. The van der Waals surface area contributed by atoms with Crippen LogP contribution in [0.1, 0.15) is 9.67 Å². The molecule has 3 aromatic rings. The monoisotopic (exact) mass is 365 g/mol. The standard InChI is InChI=1S/C20H19N3O2S/c24-19(22-18-8-4-5-9-21-18)17-14-16(15-6-2-1-3-7-15)20(26-17)23-10-12-25-13-11-23/h1-9,14H,10-13H2,(H,21,22,24). The predicted molar refractivity (Wildman–Crippen MR) is 105 cm³/mol. The molecule has 6 heteroatoms. The van der Waals surface area contributed by atoms with Gasteiger partial charge in [-0.05, 0) is 23.8 Å². The molecule has 132 valence electrons. The molecule has 2 aromatic heterocycles. The van der Waals surface area contributed by atoms with Gasteiger partial charge in [-0.3, -0.25) is 4.79 Å². The maximum atomic E-state index is 12.7. The third kappa shape index (κ3) is 3.61. The zero-order chi connectivity index (χ0) is 17.8. The molecule has 26 heavy (non-hydrogen) atoms. The van der Waals surface area contributed by atoms with E-state index in [4.69, 9.17) is 4.74 Å². The normalized spacial score (nSPS) is 14.2. The topological polar surface area (TPSA) is 54.5 Å². The van der Waals surface area contributed by atoms with Crippen LogP contribution in [0.3, 0.4) is 0 Å². The minimum Gasteiger partial charge on any atom is -0.378 e. The van der Waals surface area contributed by atoms with Crippen molar-refractivity contribution in [3.8, 4) is 11.1 Å². The Bertz CT molecular complexity index is 875. The van der Waals surface area contributed by atoms with Crippen molar-refractivity contribution in [1.82, 2.24) is 4.98 Å². The molecule has 5 nitrogen and oxygen atoms in total. The molecule has 1 amide bonds. The first kappa shape index (κ1) is 16.8. The maximum Gasteiger partial charge on any atom is 0.266 e. The average molecular weight is 365 g/mol. The number of anilines is 2. The molecule has 1 aliphatic heterocycles. The highest BCUT2D eigenvalue weighted by atomic mass is 32.1. The van der Waals surface area contributed by atoms with Crippen LogP contribution in [-0.4, -0.2) is 37.2 Å². The molecule has 0 atom stereocenters. The molecular formula is C20H19N3O2S. The summed E-state index contributed by atoms with van der Waals surface area (Å²) in [7, 11) is 0. The Morgan fingerprint density at radius 2 is 1.85 bits per heavy atom. The Hall–Kier alpha value is -2.70. The Morgan fingerprint density at radius 3 is 2.58 bits per heavy atom. The van der Waals surface area contributed by atoms with E-state index < -0.39 is 0 Å². The molecule has 0 bridgehead atoms. The van der Waals surface area contributed by atoms with Crippen molar-refractivity contribution in [3.05, 3.63) is 65.7 Å². The number of pyridine rings is 1. The predicted octanol–water partition coefficient (Wildman–Crippen LogP) is 3.90. The molecule has 4 rings (SSSR count). The average Bonchev–Trinajstić information content (AvgIpc) is 3.16. The van der Waals surface area contributed by atoms with Gasteiger partial charge in [-0.25, -0.2) is 4.98 Å². The van der Waals surface area contributed by atoms with E-state index in [1.807, 2.05) is 36.4 Å². The summed E-state index contributed by atoms with van der Waals surface area (Å²) in [5.74, 6) is 0.422. The quantitative estimate of drug-likeness (QED) is 0.762. The van der Waals surface area contributed by atoms with Crippen LogP contribution in [0.15, 0.2) is 60.8 Å². The van der Waals surface area contributed by atoms with Crippen LogP contribution in [-0.2, 0) is 4.74 Å². The molecule has 1 N–H and O–H groups in total. The number of morpholine rings is 1. The molecule has 1 aliphatic rings. The molecule has 1 saturated heterocycles. The van der Waals surface area contributed by atoms with Gasteiger partial charge >= 0.3 is 0 Å². The van der Waals surface area contributed by atoms with Crippen molar-refractivity contribution < 1.29 is 9.53 Å². The van der Waals surface area contributed by atoms with Crippen LogP contribution >= 0.6 is 11.3 Å². The number of hydrogen-bond donors (Lipinski definition) is 1. The molecule has 0 aliphatic carbocycles. The van der Waals surface area contributed by atoms with E-state index in [0.29, 0.717) is 23.9 Å². The van der Waals surface area contributed by atoms with Gasteiger partial charge in [-0.1, -0.05) is 36.4 Å². The Kier molecular flexibility index (Phi) is 4.95. The van der Waals surface area contributed by atoms with E-state index in [-0.39, 0.29) is 5.91 Å². The Balaban J connectivity index is 1.67. The minimum absolute atomic E-state index is 0.134. The van der Waals surface area contributed by atoms with Crippen LogP contribution in [0, 0.1) is 0 Å². The minimum atomic E-state index is -0.134. The van der Waals surface area contributed by atoms with E-state index in [0.717, 1.165) is 29.2 Å². The zero-order valence-corrected chi connectivity index (χ0v) is 15.0. The van der Waals surface area contributed by atoms with Gasteiger partial charge in [0.05, 0.1) is 23.1 Å². The molecule has 3 heterocycles. The van der Waals surface area contributed by atoms with Gasteiger partial charge in [0.2, 0.25) is 0 Å². The highest BCUT2D eigenvalue weighted by molar-refractivity contribution is 7.18. The van der Waals surface area contributed by atoms with Crippen molar-refractivity contribution in [2.45, 2.75) is 0 Å². The first-order chi connectivity index (χ1) is 12.8. The number of ether oxygens (including phenoxy) is 1. The highest BCUT2D eigenvalue weighted by Crippen LogP contribution is 2.39. The van der Waals surface area contributed by atoms with Crippen LogP contribution in [0.5, 0.6) is 0 Å². The smallest absolute Gasteiger partial charge is 0.266 e. The Morgan fingerprint density at radius 1 is 1.08 bits per heavy atom. The van der Waals surface area contributed by atoms with Crippen LogP contribution in [0.25, 0.3) is 11.1 Å². The summed E-state index contributed by atoms with van der Waals surface area (Å²) < 4.78 is 5.48. The van der Waals surface area contributed by atoms with Gasteiger partial charge in [0.25, 0.3) is 5.91 Å². The number of nitrogens with one attached hydrogen (secondary N) is 1. The summed E-state index contributed by atoms with van der Waals surface area (Å²) in [5, 5.41) is 3.99. The summed E-state index contributed by atoms with van der Waals surface area (Å²) in [6.45, 7) is 3.09. The summed E-state index contributed by atoms with van der Waals surface area (Å²) in [6, 6.07) is 17.6. The summed E-state index contributed by atoms with van der Waals surface area (Å²) in [4.78, 5) is 19.9. The van der Waals surface area contributed by atoms with Crippen LogP contribution in [0.4, 0.5) is 10.8 Å². The van der Waals surface area contributed by atoms with Crippen molar-refractivity contribution in [2.24, 2.45) is 0 Å². The lowest BCUT2D eigenvalue weighted by molar-refractivity contribution is 0.103. The number of amides is 1. The van der Waals surface area contributed by atoms with E-state index in [2.05, 4.69) is 27.3 Å². The third-order valence-corrected chi connectivity index (χ3v) is 5.42. The largest absolute Gasteiger partial charge is 0.378 e. The van der Waals surface area contributed by atoms with Crippen LogP contribution < -0.4 is 10.2 Å². The number of carbonyl (C=O) groups excluding carboxylic acids is 1. The maximum absolute atomic E-state index is 12.7. The molecule has 0 spiro atoms. The summed E-state index contributed by atoms with van der Waals surface area (Å²) in [5.41, 5.74) is 2.20. The fourth-order valence-electron chi connectivity index (χ4n) is 2.93. The van der Waals surface area contributed by atoms with Crippen molar-refractivity contribution in [2.75, 3.05) is 36.5 Å². The first-order valence-corrected chi connectivity index (χ1v) is 9.37. The highest BCUT2D eigenvalue weighted by Gasteiger charge is 2.22. The van der Waals surface area contributed by atoms with E-state index in [9.17, 15) is 4.79 Å². The lowest BCUT2D eigenvalue weighted by Gasteiger charge is -2.28. The third-order valence-electron chi connectivity index (χ3n) is 4.23. The number of rotatable bonds is 4. The lowest BCUT2D eigenvalue weighted by Crippen LogP contribution is -2.35. The van der Waals surface area contributed by atoms with Gasteiger partial charge in [0, 0.05) is 24.8 Å². The van der Waals surface area contributed by atoms with Gasteiger partial charge in [0.15, 0.2) is 0 Å². The van der Waals surface area contributed by atoms with Crippen molar-refractivity contribution in [3.63, 3.8) is 0 Å². The second-order valence-electron chi connectivity index (χ2n) is 5.96. The van der Waals surface area contributed by atoms with E-state index in [1.54, 1.807) is 12.3 Å². The van der Waals surface area contributed by atoms with Crippen molar-refractivity contribution in [1.29, 1.82) is 0 Å². The summed E-state index contributed by atoms with van der Waals surface area (Å²) >= 11 is 1.52. The number of carbonyl (C=O) groups is 1. The second kappa shape index (κ2) is 7.68. The molecule has 1 aromatic carbocycles. The number of aromatic nitrogens is 1. The van der Waals surface area contributed by atoms with E-state index in [1.165, 1.54) is 11.3 Å². The molecule has 0 radical (unpaired) electrons. The van der Waals surface area contributed by atoms with Crippen LogP contribution in [0.2, 0.25) is 0 Å². The first-order valence-electron chi connectivity index (χ1n) is 8.55. The van der Waals surface area contributed by atoms with Gasteiger partial charge < -0.3 is 15.0 Å². The zero-order valence-electron chi connectivity index (χ0n) is 14.2. The molecule has 0 unspecified atom stereocenters. The molecular weight excluding hydrogens is 346 g/mol. The fraction of sp³-hybridized carbons (Fsp3) is 0.200. The van der Waals surface area contributed by atoms with E-state index >= 15 is 0 Å². The van der Waals surface area contributed by atoms with Gasteiger partial charge in [-0.2, -0.15) is 0 Å². The number of hydrogen-bond acceptors (Lipinski definition) is 5. The number of thiophene rings is 1. The number of benzene rings is 1. The van der Waals surface area contributed by atoms with Gasteiger partial charge in [0.1, 0.15) is 5.82 Å². The second-order valence-corrected chi connectivity index (χ2v) is 6.99. The van der Waals surface area contributed by atoms with Gasteiger partial charge in [-0.15, -0.1) is 11.3 Å². The fourth-order valence-corrected chi connectivity index (χ4v) is 4.06. The Labute approximate surface area is 156 Å². The summed E-state index contributed by atoms with van der Waals surface area (Å²) in [6.07, 6.45) is 1.67. The lowest BCUT2D eigenvalue weighted by atomic mass is 10.1. The molecule has 0 saturated carbocycles. The SMILES string of the molecule is O=C(Nc1ccccn1)c1cc(-c2ccccc2)c(N2CCOCC2)s1. The number of nitrogens with zero attached hydrogens (tertiary/aromatic N) is 2. The van der Waals surface area contributed by atoms with Crippen molar-refractivity contribution >= 4 is 28.1 Å².